The third-order valence-electron chi connectivity index (χ3n) is 3.71. The van der Waals surface area contributed by atoms with Gasteiger partial charge in [0.1, 0.15) is 5.82 Å². The number of fused-ring (bicyclic) bond motifs is 1. The second-order valence-electron chi connectivity index (χ2n) is 5.33. The van der Waals surface area contributed by atoms with Gasteiger partial charge in [-0.05, 0) is 18.2 Å². The molecule has 0 saturated carbocycles. The van der Waals surface area contributed by atoms with E-state index >= 15 is 0 Å². The van der Waals surface area contributed by atoms with Gasteiger partial charge in [-0.2, -0.15) is 0 Å². The Labute approximate surface area is 148 Å². The predicted molar refractivity (Wildman–Crippen MR) is 99.1 cm³/mol. The molecule has 0 aliphatic heterocycles. The number of aliphatic hydroxyl groups excluding tert-OH is 2. The summed E-state index contributed by atoms with van der Waals surface area (Å²) in [6, 6.07) is 15.6. The van der Waals surface area contributed by atoms with Crippen LogP contribution in [0, 0.1) is 0 Å². The Morgan fingerprint density at radius 3 is 2.29 bits per heavy atom. The third-order valence-corrected chi connectivity index (χ3v) is 4.20. The van der Waals surface area contributed by atoms with Gasteiger partial charge in [-0.1, -0.05) is 46.3 Å². The number of hydrogen-bond donors (Lipinski definition) is 2. The molecule has 0 aliphatic carbocycles. The van der Waals surface area contributed by atoms with Gasteiger partial charge >= 0.3 is 0 Å². The molecule has 0 radical (unpaired) electrons. The number of nitrogens with zero attached hydrogens (tertiary/aromatic N) is 3. The van der Waals surface area contributed by atoms with Crippen molar-refractivity contribution in [3.63, 3.8) is 0 Å². The summed E-state index contributed by atoms with van der Waals surface area (Å²) in [6.45, 7) is 0.765. The molecular formula is C18H18BrN3O2. The SMILES string of the molecule is OCCN(CCO)c1nc(-c2ccccc2)nc2ccc(Br)cc12. The first-order valence-electron chi connectivity index (χ1n) is 7.72. The molecule has 2 aromatic carbocycles. The average molecular weight is 388 g/mol. The fourth-order valence-corrected chi connectivity index (χ4v) is 2.97. The predicted octanol–water partition coefficient (Wildman–Crippen LogP) is 2.85. The maximum atomic E-state index is 9.36. The van der Waals surface area contributed by atoms with Gasteiger partial charge in [0, 0.05) is 28.5 Å². The maximum Gasteiger partial charge on any atom is 0.162 e. The molecule has 0 amide bonds. The first-order valence-corrected chi connectivity index (χ1v) is 8.51. The molecule has 124 valence electrons. The van der Waals surface area contributed by atoms with Crippen LogP contribution >= 0.6 is 15.9 Å². The van der Waals surface area contributed by atoms with E-state index in [1.54, 1.807) is 0 Å². The molecule has 1 aromatic heterocycles. The Morgan fingerprint density at radius 1 is 0.917 bits per heavy atom. The number of anilines is 1. The number of aromatic nitrogens is 2. The molecule has 0 aliphatic rings. The maximum absolute atomic E-state index is 9.36. The number of rotatable bonds is 6. The van der Waals surface area contributed by atoms with Gasteiger partial charge in [-0.3, -0.25) is 0 Å². The van der Waals surface area contributed by atoms with E-state index in [9.17, 15) is 10.2 Å². The van der Waals surface area contributed by atoms with Crippen LogP contribution in [0.1, 0.15) is 0 Å². The Balaban J connectivity index is 2.21. The summed E-state index contributed by atoms with van der Waals surface area (Å²) in [6.07, 6.45) is 0. The highest BCUT2D eigenvalue weighted by atomic mass is 79.9. The normalized spacial score (nSPS) is 11.0. The monoisotopic (exact) mass is 387 g/mol. The van der Waals surface area contributed by atoms with E-state index in [0.717, 1.165) is 20.9 Å². The zero-order valence-electron chi connectivity index (χ0n) is 13.1. The minimum absolute atomic E-state index is 0.0137. The number of benzene rings is 2. The topological polar surface area (TPSA) is 69.5 Å². The van der Waals surface area contributed by atoms with E-state index in [2.05, 4.69) is 20.9 Å². The van der Waals surface area contributed by atoms with Gasteiger partial charge in [0.15, 0.2) is 5.82 Å². The van der Waals surface area contributed by atoms with Crippen molar-refractivity contribution in [1.82, 2.24) is 9.97 Å². The van der Waals surface area contributed by atoms with Crippen molar-refractivity contribution in [2.24, 2.45) is 0 Å². The number of halogens is 1. The highest BCUT2D eigenvalue weighted by Crippen LogP contribution is 2.29. The van der Waals surface area contributed by atoms with Crippen LogP contribution in [0.4, 0.5) is 5.82 Å². The summed E-state index contributed by atoms with van der Waals surface area (Å²) in [5, 5.41) is 19.6. The lowest BCUT2D eigenvalue weighted by atomic mass is 10.1. The fraction of sp³-hybridized carbons (Fsp3) is 0.222. The lowest BCUT2D eigenvalue weighted by Gasteiger charge is -2.23. The molecule has 6 heteroatoms. The molecule has 0 saturated heterocycles. The highest BCUT2D eigenvalue weighted by Gasteiger charge is 2.15. The lowest BCUT2D eigenvalue weighted by Crippen LogP contribution is -2.30. The number of aliphatic hydroxyl groups is 2. The van der Waals surface area contributed by atoms with Crippen molar-refractivity contribution in [3.05, 3.63) is 53.0 Å². The molecule has 0 unspecified atom stereocenters. The summed E-state index contributed by atoms with van der Waals surface area (Å²) < 4.78 is 0.931. The molecule has 5 nitrogen and oxygen atoms in total. The first kappa shape index (κ1) is 16.8. The summed E-state index contributed by atoms with van der Waals surface area (Å²) in [5.74, 6) is 1.34. The van der Waals surface area contributed by atoms with Gasteiger partial charge in [0.2, 0.25) is 0 Å². The molecular weight excluding hydrogens is 370 g/mol. The summed E-state index contributed by atoms with van der Waals surface area (Å²) in [7, 11) is 0. The molecule has 0 fully saturated rings. The van der Waals surface area contributed by atoms with Gasteiger partial charge in [-0.25, -0.2) is 9.97 Å². The Bertz CT molecular complexity index is 821. The van der Waals surface area contributed by atoms with Crippen LogP contribution in [-0.2, 0) is 0 Å². The van der Waals surface area contributed by atoms with Crippen molar-refractivity contribution in [2.45, 2.75) is 0 Å². The highest BCUT2D eigenvalue weighted by molar-refractivity contribution is 9.10. The standard InChI is InChI=1S/C18H18BrN3O2/c19-14-6-7-16-15(12-14)18(22(8-10-23)9-11-24)21-17(20-16)13-4-2-1-3-5-13/h1-7,12,23-24H,8-11H2. The van der Waals surface area contributed by atoms with E-state index in [0.29, 0.717) is 24.7 Å². The van der Waals surface area contributed by atoms with Gasteiger partial charge in [-0.15, -0.1) is 0 Å². The quantitative estimate of drug-likeness (QED) is 0.680. The summed E-state index contributed by atoms with van der Waals surface area (Å²) in [5.41, 5.74) is 1.75. The van der Waals surface area contributed by atoms with Crippen LogP contribution in [0.15, 0.2) is 53.0 Å². The molecule has 0 atom stereocenters. The van der Waals surface area contributed by atoms with E-state index < -0.39 is 0 Å². The smallest absolute Gasteiger partial charge is 0.162 e. The fourth-order valence-electron chi connectivity index (χ4n) is 2.61. The van der Waals surface area contributed by atoms with Crippen molar-refractivity contribution in [3.8, 4) is 11.4 Å². The lowest BCUT2D eigenvalue weighted by molar-refractivity contribution is 0.281. The van der Waals surface area contributed by atoms with E-state index in [-0.39, 0.29) is 13.2 Å². The minimum atomic E-state index is -0.0137. The van der Waals surface area contributed by atoms with E-state index in [1.807, 2.05) is 53.4 Å². The van der Waals surface area contributed by atoms with Gasteiger partial charge < -0.3 is 15.1 Å². The summed E-state index contributed by atoms with van der Waals surface area (Å²) >= 11 is 3.48. The average Bonchev–Trinajstić information content (AvgIpc) is 2.61. The first-order chi connectivity index (χ1) is 11.7. The van der Waals surface area contributed by atoms with Gasteiger partial charge in [0.05, 0.1) is 18.7 Å². The van der Waals surface area contributed by atoms with Crippen molar-refractivity contribution < 1.29 is 10.2 Å². The Morgan fingerprint density at radius 2 is 1.62 bits per heavy atom. The van der Waals surface area contributed by atoms with Crippen LogP contribution in [-0.4, -0.2) is 46.5 Å². The second-order valence-corrected chi connectivity index (χ2v) is 6.25. The largest absolute Gasteiger partial charge is 0.395 e. The second kappa shape index (κ2) is 7.70. The Kier molecular flexibility index (Phi) is 5.40. The number of hydrogen-bond acceptors (Lipinski definition) is 5. The third kappa shape index (κ3) is 3.56. The van der Waals surface area contributed by atoms with Crippen LogP contribution in [0.25, 0.3) is 22.3 Å². The van der Waals surface area contributed by atoms with Crippen molar-refractivity contribution in [2.75, 3.05) is 31.2 Å². The van der Waals surface area contributed by atoms with Crippen LogP contribution < -0.4 is 4.90 Å². The van der Waals surface area contributed by atoms with E-state index in [4.69, 9.17) is 4.98 Å². The molecule has 0 bridgehead atoms. The van der Waals surface area contributed by atoms with Crippen molar-refractivity contribution >= 4 is 32.7 Å². The summed E-state index contributed by atoms with van der Waals surface area (Å²) in [4.78, 5) is 11.3. The molecule has 0 spiro atoms. The van der Waals surface area contributed by atoms with Gasteiger partial charge in [0.25, 0.3) is 0 Å². The van der Waals surface area contributed by atoms with Crippen LogP contribution in [0.3, 0.4) is 0 Å². The molecule has 3 rings (SSSR count). The van der Waals surface area contributed by atoms with E-state index in [1.165, 1.54) is 0 Å². The zero-order chi connectivity index (χ0) is 16.9. The molecule has 2 N–H and O–H groups in total. The van der Waals surface area contributed by atoms with Crippen molar-refractivity contribution in [1.29, 1.82) is 0 Å². The van der Waals surface area contributed by atoms with Crippen LogP contribution in [0.2, 0.25) is 0 Å². The minimum Gasteiger partial charge on any atom is -0.395 e. The Hall–Kier alpha value is -2.02. The van der Waals surface area contributed by atoms with Crippen LogP contribution in [0.5, 0.6) is 0 Å². The molecule has 24 heavy (non-hydrogen) atoms. The molecule has 1 heterocycles. The zero-order valence-corrected chi connectivity index (χ0v) is 14.6. The molecule has 3 aromatic rings.